The van der Waals surface area contributed by atoms with Gasteiger partial charge in [0.15, 0.2) is 0 Å². The molecule has 3 nitrogen and oxygen atoms in total. The van der Waals surface area contributed by atoms with Crippen LogP contribution in [-0.4, -0.2) is 18.4 Å². The molecule has 0 aromatic rings. The van der Waals surface area contributed by atoms with Gasteiger partial charge in [0.2, 0.25) is 6.29 Å². The highest BCUT2D eigenvalue weighted by atomic mass is 16.7. The number of ether oxygens (including phenoxy) is 2. The first-order valence-corrected chi connectivity index (χ1v) is 5.57. The molecule has 82 valence electrons. The van der Waals surface area contributed by atoms with E-state index in [0.717, 1.165) is 12.8 Å². The number of cyclic esters (lactones) is 1. The molecule has 2 unspecified atom stereocenters. The third-order valence-electron chi connectivity index (χ3n) is 2.39. The van der Waals surface area contributed by atoms with Gasteiger partial charge in [-0.3, -0.25) is 4.79 Å². The highest BCUT2D eigenvalue weighted by Gasteiger charge is 2.25. The molecule has 1 saturated heterocycles. The number of rotatable bonds is 5. The van der Waals surface area contributed by atoms with E-state index in [4.69, 9.17) is 9.47 Å². The Morgan fingerprint density at radius 3 is 2.79 bits per heavy atom. The Labute approximate surface area is 85.8 Å². The Hall–Kier alpha value is -0.570. The minimum atomic E-state index is -0.289. The van der Waals surface area contributed by atoms with Gasteiger partial charge < -0.3 is 9.47 Å². The summed E-state index contributed by atoms with van der Waals surface area (Å²) < 4.78 is 10.6. The highest BCUT2D eigenvalue weighted by Crippen LogP contribution is 2.18. The van der Waals surface area contributed by atoms with Gasteiger partial charge >= 0.3 is 5.97 Å². The number of unbranched alkanes of at least 4 members (excludes halogenated alkanes) is 3. The summed E-state index contributed by atoms with van der Waals surface area (Å²) in [4.78, 5) is 11.1. The van der Waals surface area contributed by atoms with Gasteiger partial charge in [-0.05, 0) is 13.3 Å². The third kappa shape index (κ3) is 4.09. The van der Waals surface area contributed by atoms with E-state index in [9.17, 15) is 4.79 Å². The number of esters is 1. The summed E-state index contributed by atoms with van der Waals surface area (Å²) in [6, 6.07) is 0. The Balaban J connectivity index is 2.14. The molecule has 0 radical (unpaired) electrons. The first-order chi connectivity index (χ1) is 6.72. The van der Waals surface area contributed by atoms with E-state index in [1.54, 1.807) is 0 Å². The van der Waals surface area contributed by atoms with Gasteiger partial charge in [-0.25, -0.2) is 0 Å². The Kier molecular flexibility index (Phi) is 4.94. The zero-order chi connectivity index (χ0) is 10.4. The van der Waals surface area contributed by atoms with Crippen LogP contribution >= 0.6 is 0 Å². The zero-order valence-corrected chi connectivity index (χ0v) is 9.12. The maximum absolute atomic E-state index is 11.1. The van der Waals surface area contributed by atoms with Crippen LogP contribution in [0, 0.1) is 0 Å². The lowest BCUT2D eigenvalue weighted by atomic mass is 10.1. The second kappa shape index (κ2) is 6.02. The van der Waals surface area contributed by atoms with Gasteiger partial charge in [0.25, 0.3) is 0 Å². The Morgan fingerprint density at radius 1 is 1.36 bits per heavy atom. The van der Waals surface area contributed by atoms with E-state index < -0.39 is 0 Å². The summed E-state index contributed by atoms with van der Waals surface area (Å²) in [5, 5.41) is 0. The molecule has 14 heavy (non-hydrogen) atoms. The average Bonchev–Trinajstić information content (AvgIpc) is 2.11. The van der Waals surface area contributed by atoms with Crippen molar-refractivity contribution in [1.82, 2.24) is 0 Å². The largest absolute Gasteiger partial charge is 0.436 e. The number of hydrogen-bond donors (Lipinski definition) is 0. The molecule has 0 saturated carbocycles. The van der Waals surface area contributed by atoms with Crippen LogP contribution in [-0.2, 0) is 14.3 Å². The molecule has 0 aromatic carbocycles. The van der Waals surface area contributed by atoms with Crippen LogP contribution in [0.15, 0.2) is 0 Å². The first-order valence-electron chi connectivity index (χ1n) is 5.57. The predicted octanol–water partition coefficient (Wildman–Crippen LogP) is 2.63. The number of carbonyl (C=O) groups excluding carboxylic acids is 1. The van der Waals surface area contributed by atoms with Crippen molar-refractivity contribution in [3.8, 4) is 0 Å². The summed E-state index contributed by atoms with van der Waals surface area (Å²) in [6.45, 7) is 4.10. The van der Waals surface area contributed by atoms with Gasteiger partial charge in [-0.2, -0.15) is 0 Å². The molecule has 3 heteroatoms. The molecule has 0 spiro atoms. The highest BCUT2D eigenvalue weighted by molar-refractivity contribution is 5.70. The second-order valence-electron chi connectivity index (χ2n) is 3.92. The summed E-state index contributed by atoms with van der Waals surface area (Å²) in [6.07, 6.45) is 5.72. The van der Waals surface area contributed by atoms with Crippen LogP contribution in [0.25, 0.3) is 0 Å². The lowest BCUT2D eigenvalue weighted by Crippen LogP contribution is -2.33. The summed E-state index contributed by atoms with van der Waals surface area (Å²) >= 11 is 0. The van der Waals surface area contributed by atoms with Gasteiger partial charge in [-0.15, -0.1) is 0 Å². The fraction of sp³-hybridized carbons (Fsp3) is 0.909. The molecule has 1 fully saturated rings. The summed E-state index contributed by atoms with van der Waals surface area (Å²) in [5.41, 5.74) is 0. The lowest BCUT2D eigenvalue weighted by molar-refractivity contribution is -0.214. The monoisotopic (exact) mass is 200 g/mol. The molecule has 2 atom stereocenters. The zero-order valence-electron chi connectivity index (χ0n) is 9.12. The fourth-order valence-corrected chi connectivity index (χ4v) is 1.63. The van der Waals surface area contributed by atoms with Crippen LogP contribution in [0.2, 0.25) is 0 Å². The van der Waals surface area contributed by atoms with E-state index in [2.05, 4.69) is 6.92 Å². The Bertz CT molecular complexity index is 179. The van der Waals surface area contributed by atoms with Crippen LogP contribution in [0.4, 0.5) is 0 Å². The molecule has 1 rings (SSSR count). The van der Waals surface area contributed by atoms with E-state index >= 15 is 0 Å². The van der Waals surface area contributed by atoms with Gasteiger partial charge in [0.05, 0.1) is 12.5 Å². The maximum atomic E-state index is 11.1. The quantitative estimate of drug-likeness (QED) is 0.505. The predicted molar refractivity (Wildman–Crippen MR) is 53.8 cm³/mol. The molecule has 0 bridgehead atoms. The second-order valence-corrected chi connectivity index (χ2v) is 3.92. The smallest absolute Gasteiger partial charge is 0.310 e. The number of carbonyl (C=O) groups is 1. The van der Waals surface area contributed by atoms with Crippen LogP contribution in [0.1, 0.15) is 52.4 Å². The molecular formula is C11H20O3. The SMILES string of the molecule is CCCCCCC1OC(=O)CC(C)O1. The van der Waals surface area contributed by atoms with Crippen molar-refractivity contribution >= 4 is 5.97 Å². The van der Waals surface area contributed by atoms with Gasteiger partial charge in [0.1, 0.15) is 0 Å². The summed E-state index contributed by atoms with van der Waals surface area (Å²) in [7, 11) is 0. The molecule has 1 aliphatic rings. The van der Waals surface area contributed by atoms with Crippen molar-refractivity contribution < 1.29 is 14.3 Å². The Morgan fingerprint density at radius 2 is 2.14 bits per heavy atom. The standard InChI is InChI=1S/C11H20O3/c1-3-4-5-6-7-11-13-9(2)8-10(12)14-11/h9,11H,3-8H2,1-2H3. The van der Waals surface area contributed by atoms with Crippen molar-refractivity contribution in [1.29, 1.82) is 0 Å². The van der Waals surface area contributed by atoms with Crippen molar-refractivity contribution in [2.75, 3.05) is 0 Å². The topological polar surface area (TPSA) is 35.5 Å². The first kappa shape index (κ1) is 11.5. The van der Waals surface area contributed by atoms with E-state index in [1.165, 1.54) is 19.3 Å². The number of hydrogen-bond acceptors (Lipinski definition) is 3. The maximum Gasteiger partial charge on any atom is 0.310 e. The van der Waals surface area contributed by atoms with Crippen molar-refractivity contribution in [3.05, 3.63) is 0 Å². The normalized spacial score (nSPS) is 27.4. The molecule has 1 aliphatic heterocycles. The average molecular weight is 200 g/mol. The van der Waals surface area contributed by atoms with E-state index in [-0.39, 0.29) is 18.4 Å². The van der Waals surface area contributed by atoms with Gasteiger partial charge in [-0.1, -0.05) is 26.2 Å². The van der Waals surface area contributed by atoms with Crippen LogP contribution in [0.3, 0.4) is 0 Å². The van der Waals surface area contributed by atoms with Crippen molar-refractivity contribution in [2.45, 2.75) is 64.8 Å². The lowest BCUT2D eigenvalue weighted by Gasteiger charge is -2.27. The van der Waals surface area contributed by atoms with Crippen molar-refractivity contribution in [2.24, 2.45) is 0 Å². The molecule has 1 heterocycles. The summed E-state index contributed by atoms with van der Waals surface area (Å²) in [5.74, 6) is -0.121. The van der Waals surface area contributed by atoms with E-state index in [1.807, 2.05) is 6.92 Å². The fourth-order valence-electron chi connectivity index (χ4n) is 1.63. The molecule has 0 aliphatic carbocycles. The van der Waals surface area contributed by atoms with Crippen LogP contribution in [0.5, 0.6) is 0 Å². The molecule has 0 N–H and O–H groups in total. The van der Waals surface area contributed by atoms with E-state index in [0.29, 0.717) is 6.42 Å². The van der Waals surface area contributed by atoms with Crippen molar-refractivity contribution in [3.63, 3.8) is 0 Å². The molecule has 0 amide bonds. The van der Waals surface area contributed by atoms with Crippen LogP contribution < -0.4 is 0 Å². The minimum absolute atomic E-state index is 0.0208. The minimum Gasteiger partial charge on any atom is -0.436 e. The van der Waals surface area contributed by atoms with Gasteiger partial charge in [0, 0.05) is 6.42 Å². The molecular weight excluding hydrogens is 180 g/mol. The third-order valence-corrected chi connectivity index (χ3v) is 2.39. The molecule has 0 aromatic heterocycles.